The van der Waals surface area contributed by atoms with E-state index in [0.29, 0.717) is 11.7 Å². The maximum Gasteiger partial charge on any atom is 0.134 e. The summed E-state index contributed by atoms with van der Waals surface area (Å²) in [6.45, 7) is 8.62. The first-order valence-corrected chi connectivity index (χ1v) is 11.5. The molecule has 1 aromatic carbocycles. The fraction of sp³-hybridized carbons (Fsp3) is 0.615. The number of rotatable bonds is 10. The molecule has 28 heavy (non-hydrogen) atoms. The average molecular weight is 383 g/mol. The quantitative estimate of drug-likeness (QED) is 0.330. The molecule has 0 amide bonds. The van der Waals surface area contributed by atoms with Gasteiger partial charge in [-0.3, -0.25) is 0 Å². The van der Waals surface area contributed by atoms with E-state index in [1.54, 1.807) is 0 Å². The van der Waals surface area contributed by atoms with Crippen LogP contribution in [0.2, 0.25) is 0 Å². The molecule has 2 nitrogen and oxygen atoms in total. The summed E-state index contributed by atoms with van der Waals surface area (Å²) in [5, 5.41) is 10.8. The molecular weight excluding hydrogens is 344 g/mol. The van der Waals surface area contributed by atoms with E-state index in [1.165, 1.54) is 68.9 Å². The molecule has 0 saturated carbocycles. The molecule has 1 aromatic rings. The van der Waals surface area contributed by atoms with Gasteiger partial charge in [-0.2, -0.15) is 0 Å². The fourth-order valence-corrected chi connectivity index (χ4v) is 4.80. The van der Waals surface area contributed by atoms with Crippen LogP contribution in [0.4, 0.5) is 0 Å². The van der Waals surface area contributed by atoms with Crippen LogP contribution in [0.15, 0.2) is 36.1 Å². The Morgan fingerprint density at radius 2 is 1.71 bits per heavy atom. The number of unbranched alkanes of at least 4 members (excludes halogenated alkanes) is 8. The topological polar surface area (TPSA) is 29.5 Å². The van der Waals surface area contributed by atoms with Crippen molar-refractivity contribution in [2.45, 2.75) is 96.8 Å². The monoisotopic (exact) mass is 382 g/mol. The smallest absolute Gasteiger partial charge is 0.134 e. The van der Waals surface area contributed by atoms with E-state index in [0.717, 1.165) is 36.3 Å². The summed E-state index contributed by atoms with van der Waals surface area (Å²) < 4.78 is 6.07. The highest BCUT2D eigenvalue weighted by Gasteiger charge is 2.36. The molecule has 0 unspecified atom stereocenters. The predicted octanol–water partition coefficient (Wildman–Crippen LogP) is 7.81. The van der Waals surface area contributed by atoms with E-state index in [4.69, 9.17) is 4.74 Å². The Bertz CT molecular complexity index is 701. The maximum absolute atomic E-state index is 10.8. The molecule has 1 aliphatic heterocycles. The van der Waals surface area contributed by atoms with Crippen LogP contribution in [0, 0.1) is 5.92 Å². The zero-order chi connectivity index (χ0) is 19.9. The first kappa shape index (κ1) is 21.0. The molecule has 1 aliphatic carbocycles. The third kappa shape index (κ3) is 5.21. The van der Waals surface area contributed by atoms with E-state index < -0.39 is 0 Å². The molecule has 0 radical (unpaired) electrons. The van der Waals surface area contributed by atoms with Crippen molar-refractivity contribution in [3.63, 3.8) is 0 Å². The zero-order valence-corrected chi connectivity index (χ0v) is 17.9. The summed E-state index contributed by atoms with van der Waals surface area (Å²) in [6, 6.07) is 4.11. The Hall–Kier alpha value is -1.70. The van der Waals surface area contributed by atoms with Crippen LogP contribution in [0.3, 0.4) is 0 Å². The molecule has 0 spiro atoms. The first-order valence-electron chi connectivity index (χ1n) is 11.5. The number of phenolic OH excluding ortho intramolecular Hbond substituents is 1. The number of benzene rings is 1. The number of allylic oxidation sites excluding steroid dienone is 3. The van der Waals surface area contributed by atoms with Gasteiger partial charge in [0.25, 0.3) is 0 Å². The molecule has 0 fully saturated rings. The van der Waals surface area contributed by atoms with E-state index in [2.05, 4.69) is 32.6 Å². The van der Waals surface area contributed by atoms with Crippen molar-refractivity contribution in [1.29, 1.82) is 0 Å². The van der Waals surface area contributed by atoms with Crippen molar-refractivity contribution in [2.75, 3.05) is 0 Å². The van der Waals surface area contributed by atoms with Crippen molar-refractivity contribution in [3.8, 4) is 11.5 Å². The molecule has 154 valence electrons. The zero-order valence-electron chi connectivity index (χ0n) is 17.9. The Labute approximate surface area is 171 Å². The van der Waals surface area contributed by atoms with Gasteiger partial charge in [-0.1, -0.05) is 76.5 Å². The number of fused-ring (bicyclic) bond motifs is 3. The molecule has 3 rings (SSSR count). The molecule has 2 atom stereocenters. The second kappa shape index (κ2) is 10.2. The number of aromatic hydroxyl groups is 1. The third-order valence-corrected chi connectivity index (χ3v) is 6.48. The van der Waals surface area contributed by atoms with Gasteiger partial charge in [0, 0.05) is 17.4 Å². The van der Waals surface area contributed by atoms with Crippen molar-refractivity contribution >= 4 is 0 Å². The van der Waals surface area contributed by atoms with Crippen LogP contribution in [-0.4, -0.2) is 5.11 Å². The van der Waals surface area contributed by atoms with Crippen molar-refractivity contribution in [3.05, 3.63) is 47.2 Å². The third-order valence-electron chi connectivity index (χ3n) is 6.48. The fourth-order valence-electron chi connectivity index (χ4n) is 4.80. The lowest BCUT2D eigenvalue weighted by Gasteiger charge is -2.37. The standard InChI is InChI=1S/C26H38O2/c1-4-5-6-7-8-9-10-11-12-13-21-17-24(27)26-23-16-19(2)14-15-22(23)20(3)28-25(26)18-21/h16-18,22-23,27H,3-15H2,1-2H3/t22-,23+/m0/s1. The Morgan fingerprint density at radius 3 is 2.43 bits per heavy atom. The number of phenols is 1. The minimum atomic E-state index is 0.215. The number of ether oxygens (including phenoxy) is 1. The lowest BCUT2D eigenvalue weighted by atomic mass is 9.74. The molecule has 0 saturated heterocycles. The average Bonchev–Trinajstić information content (AvgIpc) is 2.66. The Kier molecular flexibility index (Phi) is 7.65. The summed E-state index contributed by atoms with van der Waals surface area (Å²) in [5.74, 6) is 2.60. The van der Waals surface area contributed by atoms with Gasteiger partial charge in [-0.15, -0.1) is 0 Å². The Balaban J connectivity index is 1.53. The first-order chi connectivity index (χ1) is 13.6. The lowest BCUT2D eigenvalue weighted by molar-refractivity contribution is 0.275. The van der Waals surface area contributed by atoms with Crippen molar-refractivity contribution < 1.29 is 9.84 Å². The van der Waals surface area contributed by atoms with Crippen LogP contribution in [-0.2, 0) is 6.42 Å². The number of hydrogen-bond donors (Lipinski definition) is 1. The van der Waals surface area contributed by atoms with E-state index in [9.17, 15) is 5.11 Å². The summed E-state index contributed by atoms with van der Waals surface area (Å²) in [5.41, 5.74) is 3.55. The number of hydrogen-bond acceptors (Lipinski definition) is 2. The van der Waals surface area contributed by atoms with Crippen molar-refractivity contribution in [2.24, 2.45) is 5.92 Å². The molecule has 2 aliphatic rings. The highest BCUT2D eigenvalue weighted by atomic mass is 16.5. The van der Waals surface area contributed by atoms with Gasteiger partial charge in [0.1, 0.15) is 17.3 Å². The van der Waals surface area contributed by atoms with Gasteiger partial charge in [0.2, 0.25) is 0 Å². The summed E-state index contributed by atoms with van der Waals surface area (Å²) in [6.07, 6.45) is 17.5. The van der Waals surface area contributed by atoms with Gasteiger partial charge in [0.05, 0.1) is 0 Å². The van der Waals surface area contributed by atoms with Gasteiger partial charge < -0.3 is 9.84 Å². The van der Waals surface area contributed by atoms with E-state index >= 15 is 0 Å². The van der Waals surface area contributed by atoms with E-state index in [1.807, 2.05) is 6.07 Å². The lowest BCUT2D eigenvalue weighted by Crippen LogP contribution is -2.25. The van der Waals surface area contributed by atoms with Crippen LogP contribution in [0.1, 0.15) is 102 Å². The summed E-state index contributed by atoms with van der Waals surface area (Å²) >= 11 is 0. The Morgan fingerprint density at radius 1 is 1.04 bits per heavy atom. The SMILES string of the molecule is C=C1Oc2cc(CCCCCCCCCCC)cc(O)c2[C@@H]2C=C(C)CC[C@@H]12. The number of aryl methyl sites for hydroxylation is 1. The largest absolute Gasteiger partial charge is 0.507 e. The van der Waals surface area contributed by atoms with Gasteiger partial charge >= 0.3 is 0 Å². The second-order valence-electron chi connectivity index (χ2n) is 8.86. The molecule has 2 heteroatoms. The maximum atomic E-state index is 10.8. The molecule has 0 bridgehead atoms. The normalized spacial score (nSPS) is 20.9. The van der Waals surface area contributed by atoms with Crippen LogP contribution >= 0.6 is 0 Å². The van der Waals surface area contributed by atoms with Crippen LogP contribution in [0.25, 0.3) is 0 Å². The van der Waals surface area contributed by atoms with Crippen molar-refractivity contribution in [1.82, 2.24) is 0 Å². The van der Waals surface area contributed by atoms with Crippen LogP contribution in [0.5, 0.6) is 11.5 Å². The highest BCUT2D eigenvalue weighted by molar-refractivity contribution is 5.54. The molecule has 1 heterocycles. The van der Waals surface area contributed by atoms with Crippen LogP contribution < -0.4 is 4.74 Å². The van der Waals surface area contributed by atoms with Gasteiger partial charge in [0.15, 0.2) is 0 Å². The van der Waals surface area contributed by atoms with Gasteiger partial charge in [-0.05, 0) is 50.3 Å². The highest BCUT2D eigenvalue weighted by Crippen LogP contribution is 2.51. The summed E-state index contributed by atoms with van der Waals surface area (Å²) in [7, 11) is 0. The van der Waals surface area contributed by atoms with Gasteiger partial charge in [-0.25, -0.2) is 0 Å². The van der Waals surface area contributed by atoms with E-state index in [-0.39, 0.29) is 5.92 Å². The molecule has 0 aromatic heterocycles. The molecule has 1 N–H and O–H groups in total. The minimum Gasteiger partial charge on any atom is -0.507 e. The second-order valence-corrected chi connectivity index (χ2v) is 8.86. The predicted molar refractivity (Wildman–Crippen MR) is 118 cm³/mol. The minimum absolute atomic E-state index is 0.215. The summed E-state index contributed by atoms with van der Waals surface area (Å²) in [4.78, 5) is 0. The molecular formula is C26H38O2.